The summed E-state index contributed by atoms with van der Waals surface area (Å²) in [6.07, 6.45) is 3.26. The van der Waals surface area contributed by atoms with Crippen LogP contribution in [0.3, 0.4) is 0 Å². The summed E-state index contributed by atoms with van der Waals surface area (Å²) in [5.41, 5.74) is 0. The summed E-state index contributed by atoms with van der Waals surface area (Å²) in [6, 6.07) is 0. The van der Waals surface area contributed by atoms with Gasteiger partial charge in [-0.3, -0.25) is 0 Å². The summed E-state index contributed by atoms with van der Waals surface area (Å²) in [5, 5.41) is 0. The maximum absolute atomic E-state index is 10.7. The lowest BCUT2D eigenvalue weighted by Gasteiger charge is -2.03. The van der Waals surface area contributed by atoms with Gasteiger partial charge in [-0.1, -0.05) is 0 Å². The molecule has 0 fully saturated rings. The molecule has 0 aliphatic carbocycles. The number of halogens is 1. The highest BCUT2D eigenvalue weighted by Gasteiger charge is 2.22. The van der Waals surface area contributed by atoms with Crippen LogP contribution >= 0.6 is 15.9 Å². The van der Waals surface area contributed by atoms with E-state index in [-0.39, 0.29) is 12.1 Å². The fraction of sp³-hybridized carbons (Fsp3) is 0.429. The summed E-state index contributed by atoms with van der Waals surface area (Å²) >= 11 is 3.03. The molecule has 0 bridgehead atoms. The second kappa shape index (κ2) is 3.67. The number of ether oxygens (including phenoxy) is 1. The van der Waals surface area contributed by atoms with Gasteiger partial charge in [0.25, 0.3) is 0 Å². The highest BCUT2D eigenvalue weighted by molar-refractivity contribution is 9.12. The Morgan fingerprint density at radius 3 is 2.91 bits per heavy atom. The molecule has 11 heavy (non-hydrogen) atoms. The predicted molar refractivity (Wildman–Crippen MR) is 42.2 cm³/mol. The molecule has 0 amide bonds. The zero-order chi connectivity index (χ0) is 8.27. The van der Waals surface area contributed by atoms with E-state index in [1.165, 1.54) is 0 Å². The predicted octanol–water partition coefficient (Wildman–Crippen LogP) is 1.17. The number of aldehydes is 1. The van der Waals surface area contributed by atoms with Crippen LogP contribution in [-0.4, -0.2) is 18.4 Å². The molecule has 1 rings (SSSR count). The van der Waals surface area contributed by atoms with Crippen LogP contribution in [0.25, 0.3) is 0 Å². The van der Waals surface area contributed by atoms with Gasteiger partial charge in [-0.25, -0.2) is 4.79 Å². The van der Waals surface area contributed by atoms with Crippen LogP contribution in [0.4, 0.5) is 0 Å². The molecule has 0 spiro atoms. The Kier molecular flexibility index (Phi) is 2.82. The molecular formula is C7H7BrO3. The van der Waals surface area contributed by atoms with Crippen LogP contribution in [0, 0.1) is 0 Å². The number of cyclic esters (lactones) is 1. The Labute approximate surface area is 72.5 Å². The highest BCUT2D eigenvalue weighted by atomic mass is 79.9. The minimum atomic E-state index is -0.346. The Morgan fingerprint density at radius 2 is 2.45 bits per heavy atom. The SMILES string of the molecule is O=CCC[C@@H]1C=C(Br)C(=O)O1. The second-order valence-corrected chi connectivity index (χ2v) is 3.06. The van der Waals surface area contributed by atoms with Gasteiger partial charge in [0.15, 0.2) is 0 Å². The smallest absolute Gasteiger partial charge is 0.345 e. The van der Waals surface area contributed by atoms with Crippen molar-refractivity contribution in [3.05, 3.63) is 10.6 Å². The number of hydrogen-bond acceptors (Lipinski definition) is 3. The molecule has 1 aliphatic heterocycles. The normalized spacial score (nSPS) is 22.8. The highest BCUT2D eigenvalue weighted by Crippen LogP contribution is 2.21. The third-order valence-corrected chi connectivity index (χ3v) is 1.94. The summed E-state index contributed by atoms with van der Waals surface area (Å²) < 4.78 is 5.29. The molecule has 0 aromatic carbocycles. The molecule has 1 aliphatic rings. The lowest BCUT2D eigenvalue weighted by atomic mass is 10.2. The quantitative estimate of drug-likeness (QED) is 0.528. The molecule has 3 nitrogen and oxygen atoms in total. The van der Waals surface area contributed by atoms with E-state index in [1.807, 2.05) is 0 Å². The van der Waals surface area contributed by atoms with Gasteiger partial charge in [0, 0.05) is 6.42 Å². The third-order valence-electron chi connectivity index (χ3n) is 1.35. The fourth-order valence-electron chi connectivity index (χ4n) is 0.834. The van der Waals surface area contributed by atoms with E-state index in [1.54, 1.807) is 6.08 Å². The van der Waals surface area contributed by atoms with Gasteiger partial charge in [0.1, 0.15) is 16.9 Å². The molecule has 0 saturated heterocycles. The summed E-state index contributed by atoms with van der Waals surface area (Å²) in [6.45, 7) is 0. The lowest BCUT2D eigenvalue weighted by molar-refractivity contribution is -0.139. The van der Waals surface area contributed by atoms with Crippen molar-refractivity contribution in [1.29, 1.82) is 0 Å². The van der Waals surface area contributed by atoms with Gasteiger partial charge in [-0.2, -0.15) is 0 Å². The van der Waals surface area contributed by atoms with Crippen molar-refractivity contribution in [2.24, 2.45) is 0 Å². The molecule has 0 aromatic heterocycles. The van der Waals surface area contributed by atoms with Gasteiger partial charge in [-0.15, -0.1) is 0 Å². The van der Waals surface area contributed by atoms with E-state index in [0.717, 1.165) is 6.29 Å². The largest absolute Gasteiger partial charge is 0.454 e. The zero-order valence-corrected chi connectivity index (χ0v) is 7.33. The van der Waals surface area contributed by atoms with Gasteiger partial charge in [-0.05, 0) is 28.4 Å². The minimum Gasteiger partial charge on any atom is -0.454 e. The average Bonchev–Trinajstić information content (AvgIpc) is 2.28. The molecular weight excluding hydrogens is 212 g/mol. The first-order valence-electron chi connectivity index (χ1n) is 3.26. The van der Waals surface area contributed by atoms with E-state index in [4.69, 9.17) is 4.74 Å². The molecule has 0 aromatic rings. The maximum atomic E-state index is 10.7. The molecule has 0 N–H and O–H groups in total. The van der Waals surface area contributed by atoms with Crippen LogP contribution in [-0.2, 0) is 14.3 Å². The van der Waals surface area contributed by atoms with E-state index in [2.05, 4.69) is 15.9 Å². The fourth-order valence-corrected chi connectivity index (χ4v) is 1.22. The average molecular weight is 219 g/mol. The monoisotopic (exact) mass is 218 g/mol. The number of esters is 1. The van der Waals surface area contributed by atoms with E-state index in [9.17, 15) is 9.59 Å². The summed E-state index contributed by atoms with van der Waals surface area (Å²) in [4.78, 5) is 20.7. The van der Waals surface area contributed by atoms with Crippen LogP contribution in [0.5, 0.6) is 0 Å². The number of carbonyl (C=O) groups excluding carboxylic acids is 2. The second-order valence-electron chi connectivity index (χ2n) is 2.20. The van der Waals surface area contributed by atoms with Crippen LogP contribution in [0.2, 0.25) is 0 Å². The Balaban J connectivity index is 2.41. The van der Waals surface area contributed by atoms with Crippen LogP contribution < -0.4 is 0 Å². The molecule has 0 unspecified atom stereocenters. The Bertz CT molecular complexity index is 210. The molecule has 4 heteroatoms. The van der Waals surface area contributed by atoms with Crippen molar-refractivity contribution < 1.29 is 14.3 Å². The van der Waals surface area contributed by atoms with Crippen LogP contribution in [0.15, 0.2) is 10.6 Å². The topological polar surface area (TPSA) is 43.4 Å². The van der Waals surface area contributed by atoms with E-state index >= 15 is 0 Å². The molecule has 1 atom stereocenters. The van der Waals surface area contributed by atoms with Crippen molar-refractivity contribution in [3.8, 4) is 0 Å². The van der Waals surface area contributed by atoms with Gasteiger partial charge < -0.3 is 9.53 Å². The maximum Gasteiger partial charge on any atom is 0.345 e. The van der Waals surface area contributed by atoms with E-state index in [0.29, 0.717) is 17.3 Å². The van der Waals surface area contributed by atoms with Crippen molar-refractivity contribution in [2.75, 3.05) is 0 Å². The molecule has 0 radical (unpaired) electrons. The number of rotatable bonds is 3. The van der Waals surface area contributed by atoms with Crippen LogP contribution in [0.1, 0.15) is 12.8 Å². The summed E-state index contributed by atoms with van der Waals surface area (Å²) in [7, 11) is 0. The van der Waals surface area contributed by atoms with Crippen molar-refractivity contribution in [3.63, 3.8) is 0 Å². The summed E-state index contributed by atoms with van der Waals surface area (Å²) in [5.74, 6) is -0.346. The number of carbonyl (C=O) groups is 2. The molecule has 1 heterocycles. The van der Waals surface area contributed by atoms with Crippen molar-refractivity contribution in [2.45, 2.75) is 18.9 Å². The third kappa shape index (κ3) is 2.15. The number of hydrogen-bond donors (Lipinski definition) is 0. The molecule has 0 saturated carbocycles. The minimum absolute atomic E-state index is 0.220. The van der Waals surface area contributed by atoms with Crippen molar-refractivity contribution >= 4 is 28.2 Å². The van der Waals surface area contributed by atoms with Gasteiger partial charge in [0.2, 0.25) is 0 Å². The Morgan fingerprint density at radius 1 is 1.73 bits per heavy atom. The van der Waals surface area contributed by atoms with Gasteiger partial charge >= 0.3 is 5.97 Å². The van der Waals surface area contributed by atoms with Crippen molar-refractivity contribution in [1.82, 2.24) is 0 Å². The first kappa shape index (κ1) is 8.46. The first-order valence-corrected chi connectivity index (χ1v) is 4.05. The zero-order valence-electron chi connectivity index (χ0n) is 5.75. The molecule has 60 valence electrons. The lowest BCUT2D eigenvalue weighted by Crippen LogP contribution is -2.07. The van der Waals surface area contributed by atoms with E-state index < -0.39 is 0 Å². The van der Waals surface area contributed by atoms with Gasteiger partial charge in [0.05, 0.1) is 0 Å². The Hall–Kier alpha value is -0.640. The standard InChI is InChI=1S/C7H7BrO3/c8-6-4-5(2-1-3-9)11-7(6)10/h3-5H,1-2H2/t5-/m1/s1. The first-order chi connectivity index (χ1) is 5.24.